The lowest BCUT2D eigenvalue weighted by atomic mass is 9.76. The summed E-state index contributed by atoms with van der Waals surface area (Å²) < 4.78 is 1.17. The van der Waals surface area contributed by atoms with E-state index in [0.29, 0.717) is 12.0 Å². The van der Waals surface area contributed by atoms with Crippen LogP contribution >= 0.6 is 15.9 Å². The van der Waals surface area contributed by atoms with Crippen molar-refractivity contribution in [3.63, 3.8) is 0 Å². The molecule has 1 aromatic carbocycles. The fraction of sp³-hybridized carbons (Fsp3) is 0.400. The summed E-state index contributed by atoms with van der Waals surface area (Å²) in [5.74, 6) is 0.683. The maximum Gasteiger partial charge on any atom is 0.0825 e. The first-order valence-corrected chi connectivity index (χ1v) is 7.46. The predicted molar refractivity (Wildman–Crippen MR) is 81.6 cm³/mol. The monoisotopic (exact) mass is 319 g/mol. The van der Waals surface area contributed by atoms with Gasteiger partial charge in [0.1, 0.15) is 0 Å². The molecule has 100 valence electrons. The van der Waals surface area contributed by atoms with Crippen LogP contribution in [-0.2, 0) is 0 Å². The van der Waals surface area contributed by atoms with Gasteiger partial charge in [-0.1, -0.05) is 28.1 Å². The molecule has 2 N–H and O–H groups in total. The first-order chi connectivity index (χ1) is 9.13. The number of hydrogen-bond donors (Lipinski definition) is 2. The third kappa shape index (κ3) is 2.54. The molecule has 2 aromatic rings. The molecule has 0 aliphatic heterocycles. The summed E-state index contributed by atoms with van der Waals surface area (Å²) in [6, 6.07) is 9.22. The van der Waals surface area contributed by atoms with E-state index >= 15 is 0 Å². The van der Waals surface area contributed by atoms with Crippen molar-refractivity contribution in [2.24, 2.45) is 0 Å². The molecular formula is C15H18BrN3. The molecule has 0 bridgehead atoms. The van der Waals surface area contributed by atoms with E-state index in [2.05, 4.69) is 62.6 Å². The number of hydrogen-bond acceptors (Lipinski definition) is 2. The molecule has 1 saturated carbocycles. The second-order valence-corrected chi connectivity index (χ2v) is 6.29. The Hall–Kier alpha value is -1.29. The Morgan fingerprint density at radius 2 is 2.11 bits per heavy atom. The molecule has 3 rings (SSSR count). The number of nitrogens with zero attached hydrogens (tertiary/aromatic N) is 1. The van der Waals surface area contributed by atoms with Gasteiger partial charge >= 0.3 is 0 Å². The van der Waals surface area contributed by atoms with Gasteiger partial charge in [-0.15, -0.1) is 0 Å². The number of H-pyrrole nitrogens is 1. The molecule has 1 aromatic heterocycles. The van der Waals surface area contributed by atoms with Gasteiger partial charge < -0.3 is 5.32 Å². The van der Waals surface area contributed by atoms with Gasteiger partial charge in [0.15, 0.2) is 0 Å². The van der Waals surface area contributed by atoms with Gasteiger partial charge in [0.2, 0.25) is 0 Å². The van der Waals surface area contributed by atoms with E-state index in [-0.39, 0.29) is 0 Å². The van der Waals surface area contributed by atoms with Crippen molar-refractivity contribution in [3.8, 4) is 0 Å². The highest BCUT2D eigenvalue weighted by Crippen LogP contribution is 2.39. The van der Waals surface area contributed by atoms with Gasteiger partial charge in [0, 0.05) is 10.5 Å². The van der Waals surface area contributed by atoms with Crippen LogP contribution in [0.2, 0.25) is 0 Å². The largest absolute Gasteiger partial charge is 0.379 e. The number of aryl methyl sites for hydroxylation is 2. The summed E-state index contributed by atoms with van der Waals surface area (Å²) in [7, 11) is 0. The summed E-state index contributed by atoms with van der Waals surface area (Å²) in [5.41, 5.74) is 4.80. The number of anilines is 1. The maximum absolute atomic E-state index is 4.22. The Morgan fingerprint density at radius 3 is 2.74 bits per heavy atom. The average Bonchev–Trinajstić information content (AvgIpc) is 2.64. The SMILES string of the molecule is Cc1n[nH]c(C)c1NC1CC(c2cccc(Br)c2)C1. The molecule has 0 unspecified atom stereocenters. The molecule has 19 heavy (non-hydrogen) atoms. The Bertz CT molecular complexity index is 565. The molecule has 0 saturated heterocycles. The van der Waals surface area contributed by atoms with Crippen LogP contribution in [-0.4, -0.2) is 16.2 Å². The minimum absolute atomic E-state index is 0.569. The number of rotatable bonds is 3. The molecule has 1 fully saturated rings. The fourth-order valence-corrected chi connectivity index (χ4v) is 3.15. The topological polar surface area (TPSA) is 40.7 Å². The van der Waals surface area contributed by atoms with Crippen molar-refractivity contribution in [1.82, 2.24) is 10.2 Å². The third-order valence-corrected chi connectivity index (χ3v) is 4.43. The van der Waals surface area contributed by atoms with Crippen LogP contribution in [0.25, 0.3) is 0 Å². The lowest BCUT2D eigenvalue weighted by Crippen LogP contribution is -2.34. The Kier molecular flexibility index (Phi) is 3.35. The zero-order valence-corrected chi connectivity index (χ0v) is 12.8. The maximum atomic E-state index is 4.22. The molecular weight excluding hydrogens is 302 g/mol. The van der Waals surface area contributed by atoms with Crippen LogP contribution in [0.15, 0.2) is 28.7 Å². The quantitative estimate of drug-likeness (QED) is 0.892. The number of nitrogens with one attached hydrogen (secondary N) is 2. The van der Waals surface area contributed by atoms with E-state index in [9.17, 15) is 0 Å². The summed E-state index contributed by atoms with van der Waals surface area (Å²) in [5, 5.41) is 10.8. The van der Waals surface area contributed by atoms with Gasteiger partial charge in [0.05, 0.1) is 17.1 Å². The first kappa shape index (κ1) is 12.7. The minimum atomic E-state index is 0.569. The van der Waals surface area contributed by atoms with Crippen LogP contribution in [0.1, 0.15) is 35.7 Å². The highest BCUT2D eigenvalue weighted by atomic mass is 79.9. The Morgan fingerprint density at radius 1 is 1.32 bits per heavy atom. The van der Waals surface area contributed by atoms with Crippen molar-refractivity contribution >= 4 is 21.6 Å². The number of aromatic nitrogens is 2. The smallest absolute Gasteiger partial charge is 0.0825 e. The van der Waals surface area contributed by atoms with E-state index in [4.69, 9.17) is 0 Å². The van der Waals surface area contributed by atoms with E-state index in [1.54, 1.807) is 0 Å². The van der Waals surface area contributed by atoms with Crippen molar-refractivity contribution in [2.75, 3.05) is 5.32 Å². The van der Waals surface area contributed by atoms with Crippen LogP contribution in [0.5, 0.6) is 0 Å². The van der Waals surface area contributed by atoms with E-state index < -0.39 is 0 Å². The standard InChI is InChI=1S/C15H18BrN3/c1-9-15(10(2)19-18-9)17-14-7-12(8-14)11-4-3-5-13(16)6-11/h3-6,12,14,17H,7-8H2,1-2H3,(H,18,19). The molecule has 1 aliphatic carbocycles. The van der Waals surface area contributed by atoms with Gasteiger partial charge in [-0.3, -0.25) is 5.10 Å². The zero-order valence-electron chi connectivity index (χ0n) is 11.2. The average molecular weight is 320 g/mol. The van der Waals surface area contributed by atoms with E-state index in [0.717, 1.165) is 11.4 Å². The lowest BCUT2D eigenvalue weighted by Gasteiger charge is -2.37. The summed E-state index contributed by atoms with van der Waals surface area (Å²) in [6.07, 6.45) is 2.39. The molecule has 0 amide bonds. The molecule has 4 heteroatoms. The predicted octanol–water partition coefficient (Wildman–Crippen LogP) is 4.15. The lowest BCUT2D eigenvalue weighted by molar-refractivity contribution is 0.374. The minimum Gasteiger partial charge on any atom is -0.379 e. The highest BCUT2D eigenvalue weighted by Gasteiger charge is 2.31. The molecule has 1 aliphatic rings. The zero-order chi connectivity index (χ0) is 13.4. The van der Waals surface area contributed by atoms with Crippen molar-refractivity contribution in [3.05, 3.63) is 45.7 Å². The van der Waals surface area contributed by atoms with Gasteiger partial charge in [-0.05, 0) is 50.3 Å². The van der Waals surface area contributed by atoms with Crippen LogP contribution in [0.3, 0.4) is 0 Å². The Balaban J connectivity index is 1.62. The van der Waals surface area contributed by atoms with E-state index in [1.165, 1.54) is 28.6 Å². The fourth-order valence-electron chi connectivity index (χ4n) is 2.74. The van der Waals surface area contributed by atoms with Gasteiger partial charge in [-0.2, -0.15) is 5.10 Å². The van der Waals surface area contributed by atoms with Crippen molar-refractivity contribution in [1.29, 1.82) is 0 Å². The molecule has 0 radical (unpaired) electrons. The van der Waals surface area contributed by atoms with Crippen LogP contribution in [0, 0.1) is 13.8 Å². The van der Waals surface area contributed by atoms with Crippen molar-refractivity contribution < 1.29 is 0 Å². The molecule has 3 nitrogen and oxygen atoms in total. The van der Waals surface area contributed by atoms with E-state index in [1.807, 2.05) is 6.92 Å². The number of aromatic amines is 1. The molecule has 0 atom stereocenters. The second kappa shape index (κ2) is 5.00. The number of halogens is 1. The van der Waals surface area contributed by atoms with Gasteiger partial charge in [0.25, 0.3) is 0 Å². The third-order valence-electron chi connectivity index (χ3n) is 3.93. The van der Waals surface area contributed by atoms with Gasteiger partial charge in [-0.25, -0.2) is 0 Å². The Labute approximate surface area is 121 Å². The summed E-state index contributed by atoms with van der Waals surface area (Å²) >= 11 is 3.54. The molecule has 1 heterocycles. The van der Waals surface area contributed by atoms with Crippen LogP contribution < -0.4 is 5.32 Å². The van der Waals surface area contributed by atoms with Crippen LogP contribution in [0.4, 0.5) is 5.69 Å². The summed E-state index contributed by atoms with van der Waals surface area (Å²) in [4.78, 5) is 0. The molecule has 0 spiro atoms. The first-order valence-electron chi connectivity index (χ1n) is 6.67. The summed E-state index contributed by atoms with van der Waals surface area (Å²) in [6.45, 7) is 4.10. The second-order valence-electron chi connectivity index (χ2n) is 5.37. The normalized spacial score (nSPS) is 22.1. The number of benzene rings is 1. The van der Waals surface area contributed by atoms with Crippen molar-refractivity contribution in [2.45, 2.75) is 38.6 Å². The highest BCUT2D eigenvalue weighted by molar-refractivity contribution is 9.10.